The molecule has 3 atom stereocenters. The second kappa shape index (κ2) is 7.23. The first-order chi connectivity index (χ1) is 9.10. The molecular formula is C14H27ClN2O2. The third-order valence-electron chi connectivity index (χ3n) is 4.15. The molecule has 0 aromatic rings. The molecule has 2 aliphatic heterocycles. The number of nitrogens with zero attached hydrogens (tertiary/aromatic N) is 2. The lowest BCUT2D eigenvalue weighted by atomic mass is 10.1. The summed E-state index contributed by atoms with van der Waals surface area (Å²) in [6.45, 7) is 12.3. The third kappa shape index (κ3) is 4.30. The predicted molar refractivity (Wildman–Crippen MR) is 77.9 cm³/mol. The van der Waals surface area contributed by atoms with E-state index in [4.69, 9.17) is 21.1 Å². The molecule has 3 unspecified atom stereocenters. The van der Waals surface area contributed by atoms with Crippen LogP contribution in [0.1, 0.15) is 20.8 Å². The van der Waals surface area contributed by atoms with E-state index in [1.807, 2.05) is 0 Å². The Morgan fingerprint density at radius 1 is 1.21 bits per heavy atom. The van der Waals surface area contributed by atoms with E-state index in [9.17, 15) is 0 Å². The lowest BCUT2D eigenvalue weighted by molar-refractivity contribution is -0.0915. The van der Waals surface area contributed by atoms with Gasteiger partial charge in [-0.2, -0.15) is 0 Å². The van der Waals surface area contributed by atoms with Gasteiger partial charge in [-0.3, -0.25) is 9.80 Å². The Bertz CT molecular complexity index is 278. The van der Waals surface area contributed by atoms with Crippen LogP contribution in [0.25, 0.3) is 0 Å². The lowest BCUT2D eigenvalue weighted by Crippen LogP contribution is -2.55. The van der Waals surface area contributed by atoms with Gasteiger partial charge in [-0.1, -0.05) is 0 Å². The van der Waals surface area contributed by atoms with E-state index < -0.39 is 0 Å². The van der Waals surface area contributed by atoms with E-state index in [0.29, 0.717) is 24.1 Å². The van der Waals surface area contributed by atoms with Gasteiger partial charge in [0, 0.05) is 44.1 Å². The monoisotopic (exact) mass is 290 g/mol. The summed E-state index contributed by atoms with van der Waals surface area (Å²) in [5, 5.41) is 0. The van der Waals surface area contributed by atoms with Crippen LogP contribution in [0.5, 0.6) is 0 Å². The fourth-order valence-electron chi connectivity index (χ4n) is 2.81. The standard InChI is InChI=1S/C14H27ClN2O2/c1-11(2)16-4-5-18-14(8-16)9-17-7-13(6-15)19-10-12(17)3/h11-14H,4-10H2,1-3H3. The van der Waals surface area contributed by atoms with Crippen molar-refractivity contribution < 1.29 is 9.47 Å². The molecule has 0 aromatic heterocycles. The summed E-state index contributed by atoms with van der Waals surface area (Å²) in [5.41, 5.74) is 0. The molecule has 112 valence electrons. The maximum Gasteiger partial charge on any atom is 0.0837 e. The quantitative estimate of drug-likeness (QED) is 0.731. The average Bonchev–Trinajstić information content (AvgIpc) is 2.41. The Hall–Kier alpha value is 0.130. The zero-order valence-corrected chi connectivity index (χ0v) is 13.1. The summed E-state index contributed by atoms with van der Waals surface area (Å²) >= 11 is 5.91. The zero-order chi connectivity index (χ0) is 13.8. The van der Waals surface area contributed by atoms with Crippen LogP contribution in [-0.2, 0) is 9.47 Å². The summed E-state index contributed by atoms with van der Waals surface area (Å²) in [4.78, 5) is 4.96. The van der Waals surface area contributed by atoms with Gasteiger partial charge in [0.05, 0.1) is 25.4 Å². The molecule has 2 rings (SSSR count). The minimum absolute atomic E-state index is 0.169. The summed E-state index contributed by atoms with van der Waals surface area (Å²) in [5.74, 6) is 0.576. The Balaban J connectivity index is 1.85. The molecular weight excluding hydrogens is 264 g/mol. The van der Waals surface area contributed by atoms with Gasteiger partial charge >= 0.3 is 0 Å². The van der Waals surface area contributed by atoms with Gasteiger partial charge in [-0.15, -0.1) is 11.6 Å². The summed E-state index contributed by atoms with van der Waals surface area (Å²) < 4.78 is 11.6. The highest BCUT2D eigenvalue weighted by molar-refractivity contribution is 6.18. The van der Waals surface area contributed by atoms with E-state index in [-0.39, 0.29) is 6.10 Å². The van der Waals surface area contributed by atoms with Crippen molar-refractivity contribution in [3.05, 3.63) is 0 Å². The topological polar surface area (TPSA) is 24.9 Å². The predicted octanol–water partition coefficient (Wildman–Crippen LogP) is 1.42. The molecule has 0 saturated carbocycles. The first-order valence-electron chi connectivity index (χ1n) is 7.37. The molecule has 2 aliphatic rings. The highest BCUT2D eigenvalue weighted by atomic mass is 35.5. The Morgan fingerprint density at radius 2 is 2.00 bits per heavy atom. The number of alkyl halides is 1. The van der Waals surface area contributed by atoms with Crippen LogP contribution in [-0.4, -0.2) is 79.4 Å². The molecule has 0 amide bonds. The van der Waals surface area contributed by atoms with Crippen molar-refractivity contribution in [2.24, 2.45) is 0 Å². The van der Waals surface area contributed by atoms with Crippen molar-refractivity contribution in [2.75, 3.05) is 45.3 Å². The van der Waals surface area contributed by atoms with Crippen LogP contribution < -0.4 is 0 Å². The second-order valence-electron chi connectivity index (χ2n) is 5.99. The van der Waals surface area contributed by atoms with E-state index >= 15 is 0 Å². The van der Waals surface area contributed by atoms with Crippen LogP contribution in [0.2, 0.25) is 0 Å². The number of ether oxygens (including phenoxy) is 2. The SMILES string of the molecule is CC(C)N1CCOC(CN2CC(CCl)OCC2C)C1. The number of hydrogen-bond acceptors (Lipinski definition) is 4. The molecule has 19 heavy (non-hydrogen) atoms. The van der Waals surface area contributed by atoms with E-state index in [0.717, 1.165) is 39.4 Å². The number of halogens is 1. The summed E-state index contributed by atoms with van der Waals surface area (Å²) in [6, 6.07) is 1.06. The van der Waals surface area contributed by atoms with Crippen LogP contribution in [0.3, 0.4) is 0 Å². The van der Waals surface area contributed by atoms with Crippen molar-refractivity contribution in [1.29, 1.82) is 0 Å². The summed E-state index contributed by atoms with van der Waals surface area (Å²) in [6.07, 6.45) is 0.482. The zero-order valence-electron chi connectivity index (χ0n) is 12.3. The smallest absolute Gasteiger partial charge is 0.0837 e. The van der Waals surface area contributed by atoms with Crippen LogP contribution >= 0.6 is 11.6 Å². The number of hydrogen-bond donors (Lipinski definition) is 0. The molecule has 2 fully saturated rings. The van der Waals surface area contributed by atoms with E-state index in [1.165, 1.54) is 0 Å². The van der Waals surface area contributed by atoms with Gasteiger partial charge in [0.2, 0.25) is 0 Å². The molecule has 0 radical (unpaired) electrons. The maximum atomic E-state index is 5.92. The normalized spacial score (nSPS) is 34.9. The Kier molecular flexibility index (Phi) is 5.90. The summed E-state index contributed by atoms with van der Waals surface area (Å²) in [7, 11) is 0. The maximum absolute atomic E-state index is 5.92. The first-order valence-corrected chi connectivity index (χ1v) is 7.91. The fraction of sp³-hybridized carbons (Fsp3) is 1.00. The van der Waals surface area contributed by atoms with Crippen molar-refractivity contribution in [3.63, 3.8) is 0 Å². The first kappa shape index (κ1) is 15.5. The van der Waals surface area contributed by atoms with Gasteiger partial charge < -0.3 is 9.47 Å². The minimum Gasteiger partial charge on any atom is -0.374 e. The lowest BCUT2D eigenvalue weighted by Gasteiger charge is -2.42. The van der Waals surface area contributed by atoms with Crippen molar-refractivity contribution in [1.82, 2.24) is 9.80 Å². The van der Waals surface area contributed by atoms with Gasteiger partial charge in [0.1, 0.15) is 0 Å². The minimum atomic E-state index is 0.169. The van der Waals surface area contributed by atoms with Gasteiger partial charge in [-0.25, -0.2) is 0 Å². The van der Waals surface area contributed by atoms with Crippen molar-refractivity contribution >= 4 is 11.6 Å². The molecule has 0 bridgehead atoms. The van der Waals surface area contributed by atoms with Crippen molar-refractivity contribution in [3.8, 4) is 0 Å². The average molecular weight is 291 g/mol. The molecule has 2 saturated heterocycles. The van der Waals surface area contributed by atoms with Crippen LogP contribution in [0, 0.1) is 0 Å². The largest absolute Gasteiger partial charge is 0.374 e. The van der Waals surface area contributed by atoms with E-state index in [2.05, 4.69) is 30.6 Å². The molecule has 2 heterocycles. The molecule has 4 nitrogen and oxygen atoms in total. The Labute approximate surface area is 122 Å². The van der Waals surface area contributed by atoms with Crippen molar-refractivity contribution in [2.45, 2.75) is 45.1 Å². The van der Waals surface area contributed by atoms with Gasteiger partial charge in [-0.05, 0) is 20.8 Å². The molecule has 0 aliphatic carbocycles. The van der Waals surface area contributed by atoms with Gasteiger partial charge in [0.15, 0.2) is 0 Å². The van der Waals surface area contributed by atoms with Crippen LogP contribution in [0.15, 0.2) is 0 Å². The second-order valence-corrected chi connectivity index (χ2v) is 6.30. The molecule has 0 N–H and O–H groups in total. The third-order valence-corrected chi connectivity index (χ3v) is 4.49. The Morgan fingerprint density at radius 3 is 2.68 bits per heavy atom. The van der Waals surface area contributed by atoms with Gasteiger partial charge in [0.25, 0.3) is 0 Å². The fourth-order valence-corrected chi connectivity index (χ4v) is 2.99. The number of rotatable bonds is 4. The molecule has 5 heteroatoms. The highest BCUT2D eigenvalue weighted by Gasteiger charge is 2.30. The molecule has 0 spiro atoms. The van der Waals surface area contributed by atoms with Crippen LogP contribution in [0.4, 0.5) is 0 Å². The molecule has 0 aromatic carbocycles. The van der Waals surface area contributed by atoms with E-state index in [1.54, 1.807) is 0 Å². The number of morpholine rings is 2. The highest BCUT2D eigenvalue weighted by Crippen LogP contribution is 2.16.